The smallest absolute Gasteiger partial charge is 0.337 e. The Bertz CT molecular complexity index is 521. The van der Waals surface area contributed by atoms with Gasteiger partial charge in [0.25, 0.3) is 0 Å². The molecule has 0 aromatic heterocycles. The number of ketones is 1. The van der Waals surface area contributed by atoms with Crippen molar-refractivity contribution in [2.24, 2.45) is 17.3 Å². The molecule has 4 heteroatoms. The number of Topliss-reactive ketones (excluding diaryl/α,β-unsaturated/α-hetero) is 1. The molecule has 2 saturated carbocycles. The lowest BCUT2D eigenvalue weighted by atomic mass is 9.53. The quantitative estimate of drug-likeness (QED) is 0.692. The van der Waals surface area contributed by atoms with Gasteiger partial charge in [-0.2, -0.15) is 0 Å². The third-order valence-corrected chi connectivity index (χ3v) is 5.94. The second kappa shape index (κ2) is 4.17. The van der Waals surface area contributed by atoms with Gasteiger partial charge in [0.1, 0.15) is 0 Å². The maximum atomic E-state index is 13.1. The molecule has 0 bridgehead atoms. The highest BCUT2D eigenvalue weighted by Gasteiger charge is 2.63. The summed E-state index contributed by atoms with van der Waals surface area (Å²) >= 11 is 0. The first-order valence-corrected chi connectivity index (χ1v) is 7.41. The van der Waals surface area contributed by atoms with Crippen LogP contribution in [0.15, 0.2) is 11.1 Å². The highest BCUT2D eigenvalue weighted by molar-refractivity contribution is 6.11. The number of hydrogen-bond donors (Lipinski definition) is 0. The average Bonchev–Trinajstić information content (AvgIpc) is 2.66. The van der Waals surface area contributed by atoms with E-state index in [9.17, 15) is 9.59 Å². The Balaban J connectivity index is 2.15. The molecule has 20 heavy (non-hydrogen) atoms. The second-order valence-corrected chi connectivity index (χ2v) is 6.69. The first kappa shape index (κ1) is 13.8. The topological polar surface area (TPSA) is 52.6 Å². The van der Waals surface area contributed by atoms with Crippen molar-refractivity contribution >= 4 is 11.8 Å². The van der Waals surface area contributed by atoms with Gasteiger partial charge in [-0.3, -0.25) is 4.79 Å². The minimum atomic E-state index is -1.13. The highest BCUT2D eigenvalue weighted by Crippen LogP contribution is 2.58. The van der Waals surface area contributed by atoms with Crippen LogP contribution in [0.4, 0.5) is 0 Å². The molecule has 1 heterocycles. The molecule has 0 saturated heterocycles. The Morgan fingerprint density at radius 2 is 2.00 bits per heavy atom. The van der Waals surface area contributed by atoms with Crippen LogP contribution in [0, 0.1) is 17.3 Å². The van der Waals surface area contributed by atoms with E-state index in [2.05, 4.69) is 13.8 Å². The summed E-state index contributed by atoms with van der Waals surface area (Å²) in [5.74, 6) is -0.920. The molecule has 0 N–H and O–H groups in total. The Kier molecular flexibility index (Phi) is 2.88. The Morgan fingerprint density at radius 1 is 1.30 bits per heavy atom. The van der Waals surface area contributed by atoms with E-state index in [0.29, 0.717) is 23.5 Å². The number of methoxy groups -OCH3 is 1. The Hall–Kier alpha value is -1.16. The SMILES string of the molecule is CO[C@]12C[C@H]3CCC[C@H](C)[C@@]3(C)C(=O)C1=C(C)C(=O)O2. The summed E-state index contributed by atoms with van der Waals surface area (Å²) in [7, 11) is 1.52. The zero-order valence-electron chi connectivity index (χ0n) is 12.6. The van der Waals surface area contributed by atoms with Crippen molar-refractivity contribution in [2.45, 2.75) is 52.2 Å². The second-order valence-electron chi connectivity index (χ2n) is 6.69. The molecule has 4 nitrogen and oxygen atoms in total. The van der Waals surface area contributed by atoms with Gasteiger partial charge < -0.3 is 9.47 Å². The molecule has 2 fully saturated rings. The van der Waals surface area contributed by atoms with Gasteiger partial charge in [0.2, 0.25) is 5.79 Å². The summed E-state index contributed by atoms with van der Waals surface area (Å²) in [4.78, 5) is 25.1. The third kappa shape index (κ3) is 1.46. The summed E-state index contributed by atoms with van der Waals surface area (Å²) in [6, 6.07) is 0. The lowest BCUT2D eigenvalue weighted by Gasteiger charge is -2.52. The standard InChI is InChI=1S/C16H22O4/c1-9-6-5-7-11-8-16(19-4)12(10(2)14(18)20-16)13(17)15(9,11)3/h9,11H,5-8H2,1-4H3/t9-,11+,15+,16-/m0/s1. The van der Waals surface area contributed by atoms with Crippen LogP contribution in [-0.4, -0.2) is 24.6 Å². The van der Waals surface area contributed by atoms with Crippen molar-refractivity contribution in [3.05, 3.63) is 11.1 Å². The van der Waals surface area contributed by atoms with Crippen LogP contribution in [-0.2, 0) is 19.1 Å². The van der Waals surface area contributed by atoms with Crippen LogP contribution in [0.2, 0.25) is 0 Å². The van der Waals surface area contributed by atoms with Gasteiger partial charge >= 0.3 is 5.97 Å². The molecule has 0 aromatic rings. The van der Waals surface area contributed by atoms with Crippen molar-refractivity contribution in [3.63, 3.8) is 0 Å². The largest absolute Gasteiger partial charge is 0.425 e. The lowest BCUT2D eigenvalue weighted by molar-refractivity contribution is -0.214. The van der Waals surface area contributed by atoms with Crippen LogP contribution in [0.3, 0.4) is 0 Å². The zero-order valence-corrected chi connectivity index (χ0v) is 12.6. The number of carbonyl (C=O) groups is 2. The average molecular weight is 278 g/mol. The maximum absolute atomic E-state index is 13.1. The fourth-order valence-electron chi connectivity index (χ4n) is 4.37. The van der Waals surface area contributed by atoms with Crippen molar-refractivity contribution < 1.29 is 19.1 Å². The maximum Gasteiger partial charge on any atom is 0.337 e. The van der Waals surface area contributed by atoms with E-state index in [1.165, 1.54) is 7.11 Å². The summed E-state index contributed by atoms with van der Waals surface area (Å²) in [6.07, 6.45) is 3.80. The molecule has 1 aliphatic heterocycles. The van der Waals surface area contributed by atoms with E-state index in [1.807, 2.05) is 0 Å². The normalized spacial score (nSPS) is 44.2. The van der Waals surface area contributed by atoms with Gasteiger partial charge in [-0.05, 0) is 31.6 Å². The van der Waals surface area contributed by atoms with Gasteiger partial charge in [-0.1, -0.05) is 20.3 Å². The molecule has 0 spiro atoms. The number of ether oxygens (including phenoxy) is 2. The molecule has 110 valence electrons. The minimum absolute atomic E-state index is 0.0613. The van der Waals surface area contributed by atoms with E-state index in [-0.39, 0.29) is 17.1 Å². The molecule has 3 aliphatic rings. The summed E-state index contributed by atoms with van der Waals surface area (Å²) in [5.41, 5.74) is 0.511. The van der Waals surface area contributed by atoms with Crippen LogP contribution < -0.4 is 0 Å². The number of hydrogen-bond acceptors (Lipinski definition) is 4. The molecule has 0 aromatic carbocycles. The van der Waals surface area contributed by atoms with Gasteiger partial charge in [0, 0.05) is 24.5 Å². The molecule has 0 unspecified atom stereocenters. The first-order chi connectivity index (χ1) is 9.36. The minimum Gasteiger partial charge on any atom is -0.425 e. The van der Waals surface area contributed by atoms with Gasteiger partial charge in [-0.25, -0.2) is 4.79 Å². The fraction of sp³-hybridized carbons (Fsp3) is 0.750. The molecule has 2 aliphatic carbocycles. The third-order valence-electron chi connectivity index (χ3n) is 5.94. The molecule has 3 rings (SSSR count). The van der Waals surface area contributed by atoms with Crippen molar-refractivity contribution in [1.29, 1.82) is 0 Å². The van der Waals surface area contributed by atoms with E-state index in [0.717, 1.165) is 19.3 Å². The number of rotatable bonds is 1. The van der Waals surface area contributed by atoms with Crippen LogP contribution >= 0.6 is 0 Å². The van der Waals surface area contributed by atoms with Gasteiger partial charge in [-0.15, -0.1) is 0 Å². The predicted molar refractivity (Wildman–Crippen MR) is 72.8 cm³/mol. The van der Waals surface area contributed by atoms with E-state index < -0.39 is 11.8 Å². The molecule has 0 radical (unpaired) electrons. The van der Waals surface area contributed by atoms with E-state index in [1.54, 1.807) is 6.92 Å². The molecular weight excluding hydrogens is 256 g/mol. The zero-order chi connectivity index (χ0) is 14.7. The van der Waals surface area contributed by atoms with Crippen LogP contribution in [0.1, 0.15) is 46.5 Å². The highest BCUT2D eigenvalue weighted by atomic mass is 16.7. The summed E-state index contributed by atoms with van der Waals surface area (Å²) in [5, 5.41) is 0. The summed E-state index contributed by atoms with van der Waals surface area (Å²) < 4.78 is 11.0. The predicted octanol–water partition coefficient (Wildman–Crippen LogP) is 2.62. The number of fused-ring (bicyclic) bond motifs is 2. The van der Waals surface area contributed by atoms with Crippen molar-refractivity contribution in [2.75, 3.05) is 7.11 Å². The van der Waals surface area contributed by atoms with Crippen LogP contribution in [0.25, 0.3) is 0 Å². The van der Waals surface area contributed by atoms with E-state index in [4.69, 9.17) is 9.47 Å². The molecule has 0 amide bonds. The Labute approximate surface area is 119 Å². The summed E-state index contributed by atoms with van der Waals surface area (Å²) in [6.45, 7) is 5.89. The fourth-order valence-corrected chi connectivity index (χ4v) is 4.37. The first-order valence-electron chi connectivity index (χ1n) is 7.41. The monoisotopic (exact) mass is 278 g/mol. The van der Waals surface area contributed by atoms with Gasteiger partial charge in [0.15, 0.2) is 5.78 Å². The molecule has 4 atom stereocenters. The lowest BCUT2D eigenvalue weighted by Crippen LogP contribution is -2.56. The number of carbonyl (C=O) groups excluding carboxylic acids is 2. The van der Waals surface area contributed by atoms with Crippen molar-refractivity contribution in [3.8, 4) is 0 Å². The van der Waals surface area contributed by atoms with Crippen molar-refractivity contribution in [1.82, 2.24) is 0 Å². The van der Waals surface area contributed by atoms with Crippen LogP contribution in [0.5, 0.6) is 0 Å². The van der Waals surface area contributed by atoms with Gasteiger partial charge in [0.05, 0.1) is 5.57 Å². The van der Waals surface area contributed by atoms with E-state index >= 15 is 0 Å². The Morgan fingerprint density at radius 3 is 2.65 bits per heavy atom. The molecular formula is C16H22O4. The number of esters is 1.